The third-order valence-electron chi connectivity index (χ3n) is 3.78. The second-order valence-corrected chi connectivity index (χ2v) is 5.19. The van der Waals surface area contributed by atoms with Gasteiger partial charge in [0.2, 0.25) is 0 Å². The molecule has 0 aliphatic heterocycles. The molecule has 0 spiro atoms. The lowest BCUT2D eigenvalue weighted by atomic mass is 10.1. The molecule has 3 rings (SSSR count). The lowest BCUT2D eigenvalue weighted by molar-refractivity contribution is 0.340. The first-order chi connectivity index (χ1) is 10.1. The molecular formula is C17H19N3O. The van der Waals surface area contributed by atoms with E-state index in [4.69, 9.17) is 9.72 Å². The van der Waals surface area contributed by atoms with E-state index in [0.29, 0.717) is 6.61 Å². The number of nitrogens with zero attached hydrogens (tertiary/aromatic N) is 3. The number of aryl methyl sites for hydroxylation is 2. The number of imidazole rings is 1. The fraction of sp³-hybridized carbons (Fsp3) is 0.294. The molecule has 0 amide bonds. The fourth-order valence-electron chi connectivity index (χ4n) is 2.50. The summed E-state index contributed by atoms with van der Waals surface area (Å²) in [6.45, 7) is 6.76. The Hall–Kier alpha value is -2.36. The highest BCUT2D eigenvalue weighted by Crippen LogP contribution is 2.27. The van der Waals surface area contributed by atoms with Crippen molar-refractivity contribution in [2.45, 2.75) is 20.8 Å². The predicted molar refractivity (Wildman–Crippen MR) is 84.6 cm³/mol. The summed E-state index contributed by atoms with van der Waals surface area (Å²) in [6, 6.07) is 8.14. The number of benzene rings is 1. The first-order valence-corrected chi connectivity index (χ1v) is 7.13. The standard InChI is InChI=1S/C17H19N3O/c1-5-21-13-6-7-15-14(9-13)11(2)8-16(19-15)17-10-18-12(3)20(17)4/h6-10H,5H2,1-4H3. The molecule has 0 N–H and O–H groups in total. The Morgan fingerprint density at radius 2 is 2.00 bits per heavy atom. The van der Waals surface area contributed by atoms with Crippen LogP contribution in [-0.4, -0.2) is 21.1 Å². The zero-order chi connectivity index (χ0) is 15.0. The molecule has 0 radical (unpaired) electrons. The summed E-state index contributed by atoms with van der Waals surface area (Å²) in [7, 11) is 2.01. The van der Waals surface area contributed by atoms with Gasteiger partial charge in [0.1, 0.15) is 11.6 Å². The van der Waals surface area contributed by atoms with E-state index in [1.54, 1.807) is 0 Å². The molecule has 4 heteroatoms. The molecule has 0 saturated carbocycles. The lowest BCUT2D eigenvalue weighted by Gasteiger charge is -2.09. The molecule has 3 aromatic rings. The van der Waals surface area contributed by atoms with E-state index >= 15 is 0 Å². The van der Waals surface area contributed by atoms with Gasteiger partial charge in [0, 0.05) is 12.4 Å². The third-order valence-corrected chi connectivity index (χ3v) is 3.78. The summed E-state index contributed by atoms with van der Waals surface area (Å²) in [4.78, 5) is 9.11. The van der Waals surface area contributed by atoms with E-state index in [9.17, 15) is 0 Å². The van der Waals surface area contributed by atoms with E-state index in [-0.39, 0.29) is 0 Å². The van der Waals surface area contributed by atoms with Gasteiger partial charge in [0.15, 0.2) is 0 Å². The van der Waals surface area contributed by atoms with Crippen molar-refractivity contribution >= 4 is 10.9 Å². The number of rotatable bonds is 3. The first kappa shape index (κ1) is 13.6. The second-order valence-electron chi connectivity index (χ2n) is 5.19. The zero-order valence-corrected chi connectivity index (χ0v) is 12.8. The number of fused-ring (bicyclic) bond motifs is 1. The minimum Gasteiger partial charge on any atom is -0.494 e. The van der Waals surface area contributed by atoms with Crippen LogP contribution in [0.5, 0.6) is 5.75 Å². The number of hydrogen-bond acceptors (Lipinski definition) is 3. The maximum atomic E-state index is 5.56. The molecular weight excluding hydrogens is 262 g/mol. The maximum Gasteiger partial charge on any atom is 0.120 e. The van der Waals surface area contributed by atoms with Crippen LogP contribution < -0.4 is 4.74 Å². The van der Waals surface area contributed by atoms with Gasteiger partial charge in [-0.05, 0) is 50.6 Å². The minimum atomic E-state index is 0.671. The third kappa shape index (κ3) is 2.37. The van der Waals surface area contributed by atoms with Crippen LogP contribution in [-0.2, 0) is 7.05 Å². The molecule has 0 unspecified atom stereocenters. The van der Waals surface area contributed by atoms with Gasteiger partial charge in [-0.25, -0.2) is 9.97 Å². The number of ether oxygens (including phenoxy) is 1. The van der Waals surface area contributed by atoms with Gasteiger partial charge in [-0.1, -0.05) is 0 Å². The average molecular weight is 281 g/mol. The van der Waals surface area contributed by atoms with E-state index in [1.165, 1.54) is 5.56 Å². The van der Waals surface area contributed by atoms with Crippen LogP contribution >= 0.6 is 0 Å². The molecule has 2 aromatic heterocycles. The molecule has 2 heterocycles. The van der Waals surface area contributed by atoms with Crippen molar-refractivity contribution in [1.82, 2.24) is 14.5 Å². The molecule has 0 bridgehead atoms. The monoisotopic (exact) mass is 281 g/mol. The van der Waals surface area contributed by atoms with Crippen molar-refractivity contribution in [3.63, 3.8) is 0 Å². The summed E-state index contributed by atoms with van der Waals surface area (Å²) >= 11 is 0. The predicted octanol–water partition coefficient (Wildman–Crippen LogP) is 3.65. The lowest BCUT2D eigenvalue weighted by Crippen LogP contribution is -1.97. The topological polar surface area (TPSA) is 39.9 Å². The van der Waals surface area contributed by atoms with Gasteiger partial charge >= 0.3 is 0 Å². The number of pyridine rings is 1. The Balaban J connectivity index is 2.15. The first-order valence-electron chi connectivity index (χ1n) is 7.13. The van der Waals surface area contributed by atoms with Crippen molar-refractivity contribution < 1.29 is 4.74 Å². The fourth-order valence-corrected chi connectivity index (χ4v) is 2.50. The van der Waals surface area contributed by atoms with E-state index in [2.05, 4.69) is 28.6 Å². The highest BCUT2D eigenvalue weighted by Gasteiger charge is 2.10. The summed E-state index contributed by atoms with van der Waals surface area (Å²) in [5.74, 6) is 1.87. The molecule has 21 heavy (non-hydrogen) atoms. The van der Waals surface area contributed by atoms with Crippen LogP contribution in [0, 0.1) is 13.8 Å². The minimum absolute atomic E-state index is 0.671. The summed E-state index contributed by atoms with van der Waals surface area (Å²) in [5, 5.41) is 1.13. The van der Waals surface area contributed by atoms with E-state index in [1.807, 2.05) is 39.2 Å². The highest BCUT2D eigenvalue weighted by atomic mass is 16.5. The van der Waals surface area contributed by atoms with Crippen molar-refractivity contribution in [2.75, 3.05) is 6.61 Å². The smallest absolute Gasteiger partial charge is 0.120 e. The highest BCUT2D eigenvalue weighted by molar-refractivity contribution is 5.85. The van der Waals surface area contributed by atoms with Crippen LogP contribution in [0.15, 0.2) is 30.5 Å². The van der Waals surface area contributed by atoms with Gasteiger partial charge in [-0.3, -0.25) is 0 Å². The Morgan fingerprint density at radius 1 is 1.19 bits per heavy atom. The molecule has 108 valence electrons. The van der Waals surface area contributed by atoms with Gasteiger partial charge in [0.05, 0.1) is 29.7 Å². The van der Waals surface area contributed by atoms with Crippen LogP contribution in [0.1, 0.15) is 18.3 Å². The second kappa shape index (κ2) is 5.20. The van der Waals surface area contributed by atoms with E-state index in [0.717, 1.165) is 33.9 Å². The van der Waals surface area contributed by atoms with Crippen LogP contribution in [0.2, 0.25) is 0 Å². The van der Waals surface area contributed by atoms with Crippen LogP contribution in [0.25, 0.3) is 22.3 Å². The van der Waals surface area contributed by atoms with Crippen molar-refractivity contribution in [3.8, 4) is 17.1 Å². The molecule has 0 aliphatic carbocycles. The largest absolute Gasteiger partial charge is 0.494 e. The molecule has 0 fully saturated rings. The Bertz CT molecular complexity index is 805. The Labute approximate surface area is 124 Å². The normalized spacial score (nSPS) is 11.0. The molecule has 1 aromatic carbocycles. The van der Waals surface area contributed by atoms with E-state index < -0.39 is 0 Å². The quantitative estimate of drug-likeness (QED) is 0.735. The van der Waals surface area contributed by atoms with Gasteiger partial charge in [-0.15, -0.1) is 0 Å². The molecule has 0 aliphatic rings. The summed E-state index contributed by atoms with van der Waals surface area (Å²) in [6.07, 6.45) is 1.87. The molecule has 4 nitrogen and oxygen atoms in total. The summed E-state index contributed by atoms with van der Waals surface area (Å²) in [5.41, 5.74) is 4.15. The van der Waals surface area contributed by atoms with Crippen molar-refractivity contribution in [1.29, 1.82) is 0 Å². The Morgan fingerprint density at radius 3 is 2.67 bits per heavy atom. The van der Waals surface area contributed by atoms with Crippen molar-refractivity contribution in [3.05, 3.63) is 41.9 Å². The summed E-state index contributed by atoms with van der Waals surface area (Å²) < 4.78 is 7.62. The van der Waals surface area contributed by atoms with Crippen molar-refractivity contribution in [2.24, 2.45) is 7.05 Å². The van der Waals surface area contributed by atoms with Gasteiger partial charge in [-0.2, -0.15) is 0 Å². The maximum absolute atomic E-state index is 5.56. The molecule has 0 atom stereocenters. The zero-order valence-electron chi connectivity index (χ0n) is 12.8. The Kier molecular flexibility index (Phi) is 3.37. The average Bonchev–Trinajstić information content (AvgIpc) is 2.80. The molecule has 0 saturated heterocycles. The number of hydrogen-bond donors (Lipinski definition) is 0. The van der Waals surface area contributed by atoms with Crippen LogP contribution in [0.4, 0.5) is 0 Å². The number of aromatic nitrogens is 3. The van der Waals surface area contributed by atoms with Gasteiger partial charge in [0.25, 0.3) is 0 Å². The van der Waals surface area contributed by atoms with Gasteiger partial charge < -0.3 is 9.30 Å². The SMILES string of the molecule is CCOc1ccc2nc(-c3cnc(C)n3C)cc(C)c2c1. The van der Waals surface area contributed by atoms with Crippen LogP contribution in [0.3, 0.4) is 0 Å².